The second-order valence-electron chi connectivity index (χ2n) is 7.49. The molecule has 0 unspecified atom stereocenters. The van der Waals surface area contributed by atoms with Crippen molar-refractivity contribution < 1.29 is 9.90 Å². The Balaban J connectivity index is 1.49. The van der Waals surface area contributed by atoms with E-state index < -0.39 is 0 Å². The third-order valence-electron chi connectivity index (χ3n) is 5.69. The van der Waals surface area contributed by atoms with Crippen molar-refractivity contribution in [3.8, 4) is 5.75 Å². The molecular weight excluding hydrogens is 350 g/mol. The van der Waals surface area contributed by atoms with Crippen molar-refractivity contribution in [2.45, 2.75) is 44.6 Å². The molecule has 1 aromatic heterocycles. The smallest absolute Gasteiger partial charge is 0.257 e. The zero-order valence-corrected chi connectivity index (χ0v) is 15.5. The van der Waals surface area contributed by atoms with Gasteiger partial charge in [0, 0.05) is 43.0 Å². The summed E-state index contributed by atoms with van der Waals surface area (Å²) in [5.41, 5.74) is 0.313. The molecule has 1 N–H and O–H groups in total. The molecule has 4 rings (SSSR count). The monoisotopic (exact) mass is 373 g/mol. The Hall–Kier alpha value is -2.01. The van der Waals surface area contributed by atoms with Crippen LogP contribution in [0.1, 0.15) is 54.2 Å². The SMILES string of the molecule is O=C(c1ccc(Cl)cc1O)N1CCC[C@@H](c2nccn2CC2CCC2)C1. The number of piperidine rings is 1. The number of phenolic OH excluding ortho intramolecular Hbond substituents is 1. The Morgan fingerprint density at radius 2 is 2.12 bits per heavy atom. The molecule has 1 saturated carbocycles. The number of carbonyl (C=O) groups is 1. The van der Waals surface area contributed by atoms with Crippen LogP contribution in [-0.4, -0.2) is 38.6 Å². The summed E-state index contributed by atoms with van der Waals surface area (Å²) in [7, 11) is 0. The number of rotatable bonds is 4. The predicted octanol–water partition coefficient (Wildman–Crippen LogP) is 4.06. The summed E-state index contributed by atoms with van der Waals surface area (Å²) in [6.45, 7) is 2.39. The molecule has 1 aliphatic carbocycles. The zero-order chi connectivity index (χ0) is 18.1. The molecule has 2 aliphatic rings. The van der Waals surface area contributed by atoms with Crippen LogP contribution in [0.5, 0.6) is 5.75 Å². The van der Waals surface area contributed by atoms with Gasteiger partial charge in [-0.05, 0) is 49.8 Å². The summed E-state index contributed by atoms with van der Waals surface area (Å²) >= 11 is 5.88. The van der Waals surface area contributed by atoms with Crippen LogP contribution < -0.4 is 0 Å². The maximum absolute atomic E-state index is 12.9. The maximum Gasteiger partial charge on any atom is 0.257 e. The minimum atomic E-state index is -0.138. The number of phenols is 1. The Kier molecular flexibility index (Phi) is 4.90. The zero-order valence-electron chi connectivity index (χ0n) is 14.8. The van der Waals surface area contributed by atoms with Gasteiger partial charge in [-0.15, -0.1) is 0 Å². The van der Waals surface area contributed by atoms with Crippen molar-refractivity contribution in [3.63, 3.8) is 0 Å². The van der Waals surface area contributed by atoms with E-state index in [0.717, 1.165) is 31.1 Å². The van der Waals surface area contributed by atoms with E-state index in [2.05, 4.69) is 15.7 Å². The molecule has 1 saturated heterocycles. The van der Waals surface area contributed by atoms with Gasteiger partial charge >= 0.3 is 0 Å². The molecular formula is C20H24ClN3O2. The molecule has 5 nitrogen and oxygen atoms in total. The number of nitrogens with zero attached hydrogens (tertiary/aromatic N) is 3. The van der Waals surface area contributed by atoms with Crippen LogP contribution >= 0.6 is 11.6 Å². The summed E-state index contributed by atoms with van der Waals surface area (Å²) in [6.07, 6.45) is 9.88. The second-order valence-corrected chi connectivity index (χ2v) is 7.92. The first-order chi connectivity index (χ1) is 12.6. The van der Waals surface area contributed by atoms with Gasteiger partial charge in [-0.1, -0.05) is 18.0 Å². The molecule has 0 spiro atoms. The first-order valence-corrected chi connectivity index (χ1v) is 9.78. The van der Waals surface area contributed by atoms with E-state index >= 15 is 0 Å². The van der Waals surface area contributed by atoms with Gasteiger partial charge in [0.25, 0.3) is 5.91 Å². The third-order valence-corrected chi connectivity index (χ3v) is 5.93. The maximum atomic E-state index is 12.9. The number of benzene rings is 1. The highest BCUT2D eigenvalue weighted by Crippen LogP contribution is 2.32. The minimum absolute atomic E-state index is 0.0592. The van der Waals surface area contributed by atoms with Gasteiger partial charge in [0.05, 0.1) is 5.56 Å². The van der Waals surface area contributed by atoms with Crippen molar-refractivity contribution in [2.75, 3.05) is 13.1 Å². The van der Waals surface area contributed by atoms with Crippen molar-refractivity contribution >= 4 is 17.5 Å². The highest BCUT2D eigenvalue weighted by Gasteiger charge is 2.30. The highest BCUT2D eigenvalue weighted by atomic mass is 35.5. The first kappa shape index (κ1) is 17.4. The van der Waals surface area contributed by atoms with Crippen molar-refractivity contribution in [1.29, 1.82) is 0 Å². The highest BCUT2D eigenvalue weighted by molar-refractivity contribution is 6.30. The van der Waals surface area contributed by atoms with Crippen molar-refractivity contribution in [1.82, 2.24) is 14.5 Å². The molecule has 1 amide bonds. The molecule has 26 heavy (non-hydrogen) atoms. The van der Waals surface area contributed by atoms with Crippen LogP contribution in [0.25, 0.3) is 0 Å². The largest absolute Gasteiger partial charge is 0.507 e. The van der Waals surface area contributed by atoms with Crippen LogP contribution in [0.3, 0.4) is 0 Å². The molecule has 138 valence electrons. The van der Waals surface area contributed by atoms with Gasteiger partial charge in [-0.25, -0.2) is 4.98 Å². The fourth-order valence-corrected chi connectivity index (χ4v) is 4.18. The van der Waals surface area contributed by atoms with Crippen LogP contribution in [0, 0.1) is 5.92 Å². The van der Waals surface area contributed by atoms with E-state index in [1.807, 2.05) is 11.1 Å². The Morgan fingerprint density at radius 1 is 1.27 bits per heavy atom. The lowest BCUT2D eigenvalue weighted by molar-refractivity contribution is 0.0699. The fourth-order valence-electron chi connectivity index (χ4n) is 4.02. The lowest BCUT2D eigenvalue weighted by Gasteiger charge is -2.34. The topological polar surface area (TPSA) is 58.4 Å². The van der Waals surface area contributed by atoms with Gasteiger partial charge in [0.15, 0.2) is 0 Å². The van der Waals surface area contributed by atoms with Gasteiger partial charge < -0.3 is 14.6 Å². The van der Waals surface area contributed by atoms with E-state index in [1.54, 1.807) is 12.1 Å². The fraction of sp³-hybridized carbons (Fsp3) is 0.500. The van der Waals surface area contributed by atoms with E-state index in [1.165, 1.54) is 25.3 Å². The predicted molar refractivity (Wildman–Crippen MR) is 101 cm³/mol. The van der Waals surface area contributed by atoms with E-state index in [0.29, 0.717) is 23.7 Å². The first-order valence-electron chi connectivity index (χ1n) is 9.40. The normalized spacial score (nSPS) is 20.8. The number of carbonyl (C=O) groups excluding carboxylic acids is 1. The lowest BCUT2D eigenvalue weighted by atomic mass is 9.85. The molecule has 2 fully saturated rings. The van der Waals surface area contributed by atoms with Crippen LogP contribution in [0.2, 0.25) is 5.02 Å². The summed E-state index contributed by atoms with van der Waals surface area (Å²) in [4.78, 5) is 19.3. The molecule has 6 heteroatoms. The van der Waals surface area contributed by atoms with Gasteiger partial charge in [0.2, 0.25) is 0 Å². The number of imidazole rings is 1. The van der Waals surface area contributed by atoms with Crippen LogP contribution in [-0.2, 0) is 6.54 Å². The Labute approximate surface area is 158 Å². The average molecular weight is 374 g/mol. The number of amides is 1. The number of hydrogen-bond donors (Lipinski definition) is 1. The van der Waals surface area contributed by atoms with Gasteiger partial charge in [0.1, 0.15) is 11.6 Å². The molecule has 1 aromatic carbocycles. The van der Waals surface area contributed by atoms with Gasteiger partial charge in [-0.2, -0.15) is 0 Å². The Bertz CT molecular complexity index is 800. The Morgan fingerprint density at radius 3 is 2.85 bits per heavy atom. The number of aromatic nitrogens is 2. The number of halogens is 1. The molecule has 2 heterocycles. The molecule has 0 radical (unpaired) electrons. The standard InChI is InChI=1S/C20H24ClN3O2/c21-16-6-7-17(18(25)11-16)20(26)24-9-2-5-15(13-24)19-22-8-10-23(19)12-14-3-1-4-14/h6-8,10-11,14-15,25H,1-5,9,12-13H2/t15-/m1/s1. The summed E-state index contributed by atoms with van der Waals surface area (Å²) in [5, 5.41) is 10.5. The van der Waals surface area contributed by atoms with E-state index in [4.69, 9.17) is 11.6 Å². The van der Waals surface area contributed by atoms with Crippen molar-refractivity contribution in [3.05, 3.63) is 47.0 Å². The lowest BCUT2D eigenvalue weighted by Crippen LogP contribution is -2.40. The third kappa shape index (κ3) is 3.45. The van der Waals surface area contributed by atoms with Crippen LogP contribution in [0.15, 0.2) is 30.6 Å². The summed E-state index contributed by atoms with van der Waals surface area (Å²) < 4.78 is 2.28. The minimum Gasteiger partial charge on any atom is -0.507 e. The van der Waals surface area contributed by atoms with Gasteiger partial charge in [-0.3, -0.25) is 4.79 Å². The second kappa shape index (κ2) is 7.31. The molecule has 2 aromatic rings. The van der Waals surface area contributed by atoms with E-state index in [-0.39, 0.29) is 17.6 Å². The summed E-state index contributed by atoms with van der Waals surface area (Å²) in [5.74, 6) is 1.92. The molecule has 1 aliphatic heterocycles. The molecule has 1 atom stereocenters. The van der Waals surface area contributed by atoms with Crippen LogP contribution in [0.4, 0.5) is 0 Å². The van der Waals surface area contributed by atoms with E-state index in [9.17, 15) is 9.90 Å². The quantitative estimate of drug-likeness (QED) is 0.879. The average Bonchev–Trinajstić information content (AvgIpc) is 3.06. The molecule has 0 bridgehead atoms. The number of hydrogen-bond acceptors (Lipinski definition) is 3. The number of likely N-dealkylation sites (tertiary alicyclic amines) is 1. The summed E-state index contributed by atoms with van der Waals surface area (Å²) in [6, 6.07) is 4.66. The van der Waals surface area contributed by atoms with Crippen molar-refractivity contribution in [2.24, 2.45) is 5.92 Å². The number of aromatic hydroxyl groups is 1.